The zero-order valence-corrected chi connectivity index (χ0v) is 8.64. The summed E-state index contributed by atoms with van der Waals surface area (Å²) in [6.45, 7) is 2.14. The molecule has 0 atom stereocenters. The Balaban J connectivity index is 2.52. The van der Waals surface area contributed by atoms with Gasteiger partial charge in [-0.15, -0.1) is 11.3 Å². The minimum Gasteiger partial charge on any atom is -0.200 e. The molecule has 0 saturated carbocycles. The lowest BCUT2D eigenvalue weighted by Gasteiger charge is -1.94. The van der Waals surface area contributed by atoms with E-state index in [2.05, 4.69) is 49.0 Å². The zero-order chi connectivity index (χ0) is 9.26. The van der Waals surface area contributed by atoms with Crippen LogP contribution >= 0.6 is 11.3 Å². The third-order valence-corrected chi connectivity index (χ3v) is 3.07. The molecule has 0 unspecified atom stereocenters. The molecule has 0 bridgehead atoms. The lowest BCUT2D eigenvalue weighted by molar-refractivity contribution is -0.660. The first-order valence-corrected chi connectivity index (χ1v) is 5.10. The highest BCUT2D eigenvalue weighted by atomic mass is 32.1. The summed E-state index contributed by atoms with van der Waals surface area (Å²) in [5.74, 6) is 0. The molecular weight excluding hydrogens is 178 g/mol. The first-order chi connectivity index (χ1) is 6.27. The predicted molar refractivity (Wildman–Crippen MR) is 55.7 cm³/mol. The van der Waals surface area contributed by atoms with E-state index in [0.717, 1.165) is 0 Å². The van der Waals surface area contributed by atoms with Crippen LogP contribution in [0.5, 0.6) is 0 Å². The summed E-state index contributed by atoms with van der Waals surface area (Å²) in [6.07, 6.45) is 2.07. The number of nitrogens with zero attached hydrogens (tertiary/aromatic N) is 1. The van der Waals surface area contributed by atoms with E-state index in [9.17, 15) is 0 Å². The Labute approximate surface area is 82.3 Å². The monoisotopic (exact) mass is 190 g/mol. The molecule has 0 saturated heterocycles. The van der Waals surface area contributed by atoms with Gasteiger partial charge in [0.1, 0.15) is 7.05 Å². The molecule has 2 rings (SSSR count). The summed E-state index contributed by atoms with van der Waals surface area (Å²) < 4.78 is 2.14. The van der Waals surface area contributed by atoms with Crippen molar-refractivity contribution in [3.05, 3.63) is 41.4 Å². The van der Waals surface area contributed by atoms with Crippen LogP contribution in [0.15, 0.2) is 36.5 Å². The predicted octanol–water partition coefficient (Wildman–Crippen LogP) is 2.55. The van der Waals surface area contributed by atoms with Gasteiger partial charge in [0, 0.05) is 17.0 Å². The van der Waals surface area contributed by atoms with Crippen molar-refractivity contribution in [2.24, 2.45) is 7.05 Å². The summed E-state index contributed by atoms with van der Waals surface area (Å²) in [4.78, 5) is 2.69. The molecule has 2 heteroatoms. The van der Waals surface area contributed by atoms with Gasteiger partial charge in [-0.1, -0.05) is 0 Å². The van der Waals surface area contributed by atoms with E-state index in [1.54, 1.807) is 0 Å². The van der Waals surface area contributed by atoms with Gasteiger partial charge in [0.05, 0.1) is 4.88 Å². The van der Waals surface area contributed by atoms with Gasteiger partial charge in [-0.2, -0.15) is 0 Å². The third kappa shape index (κ3) is 1.63. The van der Waals surface area contributed by atoms with Crippen LogP contribution in [0.1, 0.15) is 4.88 Å². The highest BCUT2D eigenvalue weighted by Crippen LogP contribution is 2.24. The standard InChI is InChI=1S/C11H12NS/c1-9-6-7-11(13-9)10-5-3-4-8-12(10)2/h3-8H,1-2H3/q+1. The number of hydrogen-bond acceptors (Lipinski definition) is 1. The van der Waals surface area contributed by atoms with Gasteiger partial charge in [0.25, 0.3) is 0 Å². The normalized spacial score (nSPS) is 10.3. The van der Waals surface area contributed by atoms with Crippen molar-refractivity contribution in [2.75, 3.05) is 0 Å². The molecule has 0 radical (unpaired) electrons. The van der Waals surface area contributed by atoms with Crippen molar-refractivity contribution in [1.82, 2.24) is 0 Å². The van der Waals surface area contributed by atoms with Crippen LogP contribution in [-0.2, 0) is 7.05 Å². The Morgan fingerprint density at radius 3 is 2.62 bits per heavy atom. The fraction of sp³-hybridized carbons (Fsp3) is 0.182. The number of pyridine rings is 1. The Morgan fingerprint density at radius 1 is 1.15 bits per heavy atom. The van der Waals surface area contributed by atoms with Crippen LogP contribution in [0.2, 0.25) is 0 Å². The summed E-state index contributed by atoms with van der Waals surface area (Å²) >= 11 is 1.83. The van der Waals surface area contributed by atoms with Crippen molar-refractivity contribution in [3.63, 3.8) is 0 Å². The number of rotatable bonds is 1. The van der Waals surface area contributed by atoms with Crippen LogP contribution < -0.4 is 4.57 Å². The van der Waals surface area contributed by atoms with Gasteiger partial charge in [0.15, 0.2) is 6.20 Å². The van der Waals surface area contributed by atoms with Gasteiger partial charge >= 0.3 is 0 Å². The second kappa shape index (κ2) is 3.30. The molecule has 0 aromatic carbocycles. The van der Waals surface area contributed by atoms with Crippen molar-refractivity contribution in [2.45, 2.75) is 6.92 Å². The van der Waals surface area contributed by atoms with E-state index in [-0.39, 0.29) is 0 Å². The molecule has 2 heterocycles. The highest BCUT2D eigenvalue weighted by molar-refractivity contribution is 7.15. The number of aryl methyl sites for hydroxylation is 2. The van der Waals surface area contributed by atoms with Crippen molar-refractivity contribution in [1.29, 1.82) is 0 Å². The molecule has 0 aliphatic rings. The molecule has 0 aliphatic carbocycles. The van der Waals surface area contributed by atoms with E-state index in [1.807, 2.05) is 17.4 Å². The lowest BCUT2D eigenvalue weighted by Crippen LogP contribution is -2.29. The maximum absolute atomic E-state index is 2.18. The number of hydrogen-bond donors (Lipinski definition) is 0. The van der Waals surface area contributed by atoms with Crippen molar-refractivity contribution < 1.29 is 4.57 Å². The van der Waals surface area contributed by atoms with Crippen molar-refractivity contribution >= 4 is 11.3 Å². The summed E-state index contributed by atoms with van der Waals surface area (Å²) in [5.41, 5.74) is 1.28. The van der Waals surface area contributed by atoms with Crippen LogP contribution in [0.4, 0.5) is 0 Å². The first-order valence-electron chi connectivity index (χ1n) is 4.29. The fourth-order valence-electron chi connectivity index (χ4n) is 1.35. The molecule has 0 N–H and O–H groups in total. The molecule has 66 valence electrons. The van der Waals surface area contributed by atoms with E-state index in [4.69, 9.17) is 0 Å². The Morgan fingerprint density at radius 2 is 2.00 bits per heavy atom. The van der Waals surface area contributed by atoms with E-state index >= 15 is 0 Å². The zero-order valence-electron chi connectivity index (χ0n) is 7.82. The second-order valence-corrected chi connectivity index (χ2v) is 4.39. The van der Waals surface area contributed by atoms with Crippen LogP contribution in [0.3, 0.4) is 0 Å². The van der Waals surface area contributed by atoms with E-state index in [1.165, 1.54) is 15.4 Å². The molecule has 0 fully saturated rings. The smallest absolute Gasteiger partial charge is 0.200 e. The average molecular weight is 190 g/mol. The van der Waals surface area contributed by atoms with E-state index < -0.39 is 0 Å². The minimum atomic E-state index is 1.28. The van der Waals surface area contributed by atoms with Crippen molar-refractivity contribution in [3.8, 4) is 10.6 Å². The lowest BCUT2D eigenvalue weighted by atomic mass is 10.3. The summed E-state index contributed by atoms with van der Waals surface area (Å²) in [6, 6.07) is 10.6. The quantitative estimate of drug-likeness (QED) is 0.608. The highest BCUT2D eigenvalue weighted by Gasteiger charge is 2.09. The Bertz CT molecular complexity index is 418. The van der Waals surface area contributed by atoms with Gasteiger partial charge in [0.2, 0.25) is 5.69 Å². The fourth-order valence-corrected chi connectivity index (χ4v) is 2.29. The summed E-state index contributed by atoms with van der Waals surface area (Å²) in [7, 11) is 2.07. The van der Waals surface area contributed by atoms with Gasteiger partial charge in [-0.25, -0.2) is 4.57 Å². The molecule has 13 heavy (non-hydrogen) atoms. The Kier molecular flexibility index (Phi) is 2.15. The Hall–Kier alpha value is -1.15. The number of aromatic nitrogens is 1. The number of thiophene rings is 1. The molecule has 0 aliphatic heterocycles. The van der Waals surface area contributed by atoms with Crippen LogP contribution in [0.25, 0.3) is 10.6 Å². The molecule has 1 nitrogen and oxygen atoms in total. The molecule has 2 aromatic heterocycles. The average Bonchev–Trinajstić information content (AvgIpc) is 2.53. The first kappa shape index (κ1) is 8.45. The largest absolute Gasteiger partial charge is 0.222 e. The molecule has 0 spiro atoms. The molecule has 2 aromatic rings. The molecule has 0 amide bonds. The third-order valence-electron chi connectivity index (χ3n) is 2.05. The minimum absolute atomic E-state index is 1.28. The van der Waals surface area contributed by atoms with Gasteiger partial charge < -0.3 is 0 Å². The van der Waals surface area contributed by atoms with E-state index in [0.29, 0.717) is 0 Å². The second-order valence-electron chi connectivity index (χ2n) is 3.11. The van der Waals surface area contributed by atoms with Crippen LogP contribution in [0, 0.1) is 6.92 Å². The topological polar surface area (TPSA) is 3.88 Å². The van der Waals surface area contributed by atoms with Crippen LogP contribution in [-0.4, -0.2) is 0 Å². The summed E-state index contributed by atoms with van der Waals surface area (Å²) in [5, 5.41) is 0. The molecular formula is C11H12NS+. The SMILES string of the molecule is Cc1ccc(-c2cccc[n+]2C)s1. The van der Waals surface area contributed by atoms with Gasteiger partial charge in [-0.3, -0.25) is 0 Å². The van der Waals surface area contributed by atoms with Gasteiger partial charge in [-0.05, 0) is 25.1 Å². The maximum atomic E-state index is 2.18. The maximum Gasteiger partial charge on any atom is 0.222 e.